The second-order valence-corrected chi connectivity index (χ2v) is 6.16. The van der Waals surface area contributed by atoms with E-state index in [9.17, 15) is 4.79 Å². The molecule has 1 saturated heterocycles. The minimum absolute atomic E-state index is 0.185. The molecule has 0 radical (unpaired) electrons. The SMILES string of the molecule is CC(C)(C)OC(=O)N1CC(CN)C2(CC2)C1. The standard InChI is InChI=1S/C12H22N2O2/c1-11(2,3)16-10(15)14-7-9(6-13)12(8-14)4-5-12/h9H,4-8,13H2,1-3H3. The summed E-state index contributed by atoms with van der Waals surface area (Å²) in [6.45, 7) is 7.98. The highest BCUT2D eigenvalue weighted by atomic mass is 16.6. The van der Waals surface area contributed by atoms with E-state index in [2.05, 4.69) is 0 Å². The molecule has 1 atom stereocenters. The van der Waals surface area contributed by atoms with Crippen molar-refractivity contribution < 1.29 is 9.53 Å². The molecule has 4 nitrogen and oxygen atoms in total. The van der Waals surface area contributed by atoms with E-state index in [1.165, 1.54) is 12.8 Å². The third-order valence-electron chi connectivity index (χ3n) is 3.64. The van der Waals surface area contributed by atoms with Gasteiger partial charge in [-0.1, -0.05) is 0 Å². The van der Waals surface area contributed by atoms with Crippen LogP contribution in [0.1, 0.15) is 33.6 Å². The van der Waals surface area contributed by atoms with Crippen molar-refractivity contribution >= 4 is 6.09 Å². The van der Waals surface area contributed by atoms with Gasteiger partial charge >= 0.3 is 6.09 Å². The number of likely N-dealkylation sites (tertiary alicyclic amines) is 1. The first-order valence-electron chi connectivity index (χ1n) is 6.04. The Balaban J connectivity index is 1.95. The van der Waals surface area contributed by atoms with Crippen molar-refractivity contribution in [2.24, 2.45) is 17.1 Å². The Morgan fingerprint density at radius 2 is 2.12 bits per heavy atom. The van der Waals surface area contributed by atoms with E-state index in [0.29, 0.717) is 17.9 Å². The molecule has 2 rings (SSSR count). The second-order valence-electron chi connectivity index (χ2n) is 6.16. The van der Waals surface area contributed by atoms with Gasteiger partial charge in [0.25, 0.3) is 0 Å². The molecule has 4 heteroatoms. The molecule has 16 heavy (non-hydrogen) atoms. The summed E-state index contributed by atoms with van der Waals surface area (Å²) in [5.74, 6) is 0.472. The number of nitrogens with two attached hydrogens (primary N) is 1. The first-order chi connectivity index (χ1) is 7.36. The van der Waals surface area contributed by atoms with Crippen molar-refractivity contribution in [3.05, 3.63) is 0 Å². The highest BCUT2D eigenvalue weighted by Crippen LogP contribution is 2.55. The average molecular weight is 226 g/mol. The number of nitrogens with zero attached hydrogens (tertiary/aromatic N) is 1. The number of hydrogen-bond acceptors (Lipinski definition) is 3. The van der Waals surface area contributed by atoms with E-state index in [4.69, 9.17) is 10.5 Å². The maximum Gasteiger partial charge on any atom is 0.410 e. The Hall–Kier alpha value is -0.770. The van der Waals surface area contributed by atoms with E-state index in [1.807, 2.05) is 25.7 Å². The zero-order chi connectivity index (χ0) is 12.0. The highest BCUT2D eigenvalue weighted by Gasteiger charge is 2.55. The lowest BCUT2D eigenvalue weighted by atomic mass is 9.93. The van der Waals surface area contributed by atoms with Gasteiger partial charge in [-0.25, -0.2) is 4.79 Å². The molecule has 0 aromatic carbocycles. The fraction of sp³-hybridized carbons (Fsp3) is 0.917. The molecule has 1 heterocycles. The maximum absolute atomic E-state index is 11.9. The molecular formula is C12H22N2O2. The van der Waals surface area contributed by atoms with Crippen LogP contribution in [-0.2, 0) is 4.74 Å². The van der Waals surface area contributed by atoms with Crippen LogP contribution in [0.5, 0.6) is 0 Å². The van der Waals surface area contributed by atoms with Crippen LogP contribution in [-0.4, -0.2) is 36.2 Å². The fourth-order valence-corrected chi connectivity index (χ4v) is 2.55. The Kier molecular flexibility index (Phi) is 2.65. The van der Waals surface area contributed by atoms with Crippen molar-refractivity contribution in [1.29, 1.82) is 0 Å². The number of rotatable bonds is 1. The van der Waals surface area contributed by atoms with Gasteiger partial charge in [-0.15, -0.1) is 0 Å². The van der Waals surface area contributed by atoms with Crippen LogP contribution >= 0.6 is 0 Å². The molecule has 2 fully saturated rings. The van der Waals surface area contributed by atoms with Crippen LogP contribution in [0.15, 0.2) is 0 Å². The Bertz CT molecular complexity index is 292. The minimum atomic E-state index is -0.408. The Labute approximate surface area is 97.1 Å². The van der Waals surface area contributed by atoms with Crippen LogP contribution in [0.25, 0.3) is 0 Å². The van der Waals surface area contributed by atoms with Gasteiger partial charge in [0, 0.05) is 13.1 Å². The van der Waals surface area contributed by atoms with Crippen molar-refractivity contribution in [1.82, 2.24) is 4.90 Å². The molecule has 1 spiro atoms. The molecule has 0 aromatic rings. The molecule has 1 aliphatic carbocycles. The van der Waals surface area contributed by atoms with Crippen LogP contribution in [0.3, 0.4) is 0 Å². The second kappa shape index (κ2) is 3.62. The Morgan fingerprint density at radius 1 is 1.50 bits per heavy atom. The van der Waals surface area contributed by atoms with Gasteiger partial charge in [0.15, 0.2) is 0 Å². The van der Waals surface area contributed by atoms with Crippen molar-refractivity contribution in [2.45, 2.75) is 39.2 Å². The van der Waals surface area contributed by atoms with Gasteiger partial charge in [-0.3, -0.25) is 0 Å². The summed E-state index contributed by atoms with van der Waals surface area (Å²) >= 11 is 0. The van der Waals surface area contributed by atoms with E-state index in [1.54, 1.807) is 0 Å². The summed E-state index contributed by atoms with van der Waals surface area (Å²) in [6.07, 6.45) is 2.25. The molecule has 0 aromatic heterocycles. The molecule has 92 valence electrons. The third-order valence-corrected chi connectivity index (χ3v) is 3.64. The normalized spacial score (nSPS) is 27.2. The first-order valence-corrected chi connectivity index (χ1v) is 6.04. The number of ether oxygens (including phenoxy) is 1. The van der Waals surface area contributed by atoms with Gasteiger partial charge < -0.3 is 15.4 Å². The summed E-state index contributed by atoms with van der Waals surface area (Å²) < 4.78 is 5.38. The molecular weight excluding hydrogens is 204 g/mol. The van der Waals surface area contributed by atoms with Crippen molar-refractivity contribution in [2.75, 3.05) is 19.6 Å². The number of carbonyl (C=O) groups is 1. The van der Waals surface area contributed by atoms with Crippen LogP contribution in [0.2, 0.25) is 0 Å². The van der Waals surface area contributed by atoms with Gasteiger partial charge in [0.1, 0.15) is 5.60 Å². The topological polar surface area (TPSA) is 55.6 Å². The average Bonchev–Trinajstić information content (AvgIpc) is 2.77. The fourth-order valence-electron chi connectivity index (χ4n) is 2.55. The molecule has 0 bridgehead atoms. The molecule has 2 N–H and O–H groups in total. The lowest BCUT2D eigenvalue weighted by Crippen LogP contribution is -2.35. The third kappa shape index (κ3) is 2.17. The van der Waals surface area contributed by atoms with Gasteiger partial charge in [-0.2, -0.15) is 0 Å². The van der Waals surface area contributed by atoms with E-state index in [0.717, 1.165) is 13.1 Å². The predicted octanol–water partition coefficient (Wildman–Crippen LogP) is 1.59. The summed E-state index contributed by atoms with van der Waals surface area (Å²) in [5, 5.41) is 0. The summed E-state index contributed by atoms with van der Waals surface area (Å²) in [5.41, 5.74) is 5.69. The minimum Gasteiger partial charge on any atom is -0.444 e. The quantitative estimate of drug-likeness (QED) is 0.738. The molecule has 1 unspecified atom stereocenters. The lowest BCUT2D eigenvalue weighted by molar-refractivity contribution is 0.0282. The van der Waals surface area contributed by atoms with Crippen molar-refractivity contribution in [3.63, 3.8) is 0 Å². The van der Waals surface area contributed by atoms with Gasteiger partial charge in [0.05, 0.1) is 0 Å². The molecule has 1 amide bonds. The smallest absolute Gasteiger partial charge is 0.410 e. The van der Waals surface area contributed by atoms with Gasteiger partial charge in [0.2, 0.25) is 0 Å². The van der Waals surface area contributed by atoms with E-state index < -0.39 is 5.60 Å². The van der Waals surface area contributed by atoms with E-state index in [-0.39, 0.29) is 6.09 Å². The highest BCUT2D eigenvalue weighted by molar-refractivity contribution is 5.68. The van der Waals surface area contributed by atoms with E-state index >= 15 is 0 Å². The van der Waals surface area contributed by atoms with Crippen LogP contribution in [0.4, 0.5) is 4.79 Å². The largest absolute Gasteiger partial charge is 0.444 e. The van der Waals surface area contributed by atoms with Crippen LogP contribution in [0, 0.1) is 11.3 Å². The number of hydrogen-bond donors (Lipinski definition) is 1. The summed E-state index contributed by atoms with van der Waals surface area (Å²) in [6, 6.07) is 0. The lowest BCUT2D eigenvalue weighted by Gasteiger charge is -2.24. The zero-order valence-electron chi connectivity index (χ0n) is 10.5. The van der Waals surface area contributed by atoms with Gasteiger partial charge in [-0.05, 0) is 51.5 Å². The summed E-state index contributed by atoms with van der Waals surface area (Å²) in [7, 11) is 0. The number of amides is 1. The Morgan fingerprint density at radius 3 is 2.50 bits per heavy atom. The maximum atomic E-state index is 11.9. The predicted molar refractivity (Wildman–Crippen MR) is 62.0 cm³/mol. The first kappa shape index (κ1) is 11.7. The zero-order valence-corrected chi connectivity index (χ0v) is 10.5. The monoisotopic (exact) mass is 226 g/mol. The molecule has 2 aliphatic rings. The summed E-state index contributed by atoms with van der Waals surface area (Å²) in [4.78, 5) is 13.7. The molecule has 1 aliphatic heterocycles. The van der Waals surface area contributed by atoms with Crippen molar-refractivity contribution in [3.8, 4) is 0 Å². The molecule has 1 saturated carbocycles. The van der Waals surface area contributed by atoms with Crippen LogP contribution < -0.4 is 5.73 Å². The number of carbonyl (C=O) groups excluding carboxylic acids is 1.